The number of thioether (sulfide) groups is 1. The molecule has 0 aliphatic carbocycles. The first-order chi connectivity index (χ1) is 25.9. The van der Waals surface area contributed by atoms with E-state index in [0.29, 0.717) is 50.5 Å². The Morgan fingerprint density at radius 3 is 2.13 bits per heavy atom. The summed E-state index contributed by atoms with van der Waals surface area (Å²) in [5.41, 5.74) is -3.09. The lowest BCUT2D eigenvalue weighted by Crippen LogP contribution is -2.49. The average Bonchev–Trinajstić information content (AvgIpc) is 3.40. The van der Waals surface area contributed by atoms with Gasteiger partial charge in [0.1, 0.15) is 10.1 Å². The largest absolute Gasteiger partial charge is 0.483 e. The van der Waals surface area contributed by atoms with Crippen LogP contribution in [0.2, 0.25) is 0 Å². The van der Waals surface area contributed by atoms with Crippen molar-refractivity contribution in [3.8, 4) is 16.9 Å². The number of aromatic carboxylic acids is 1. The van der Waals surface area contributed by atoms with Crippen LogP contribution in [0.25, 0.3) is 17.2 Å². The molecule has 0 unspecified atom stereocenters. The number of thiocarbonyl (C=S) groups is 1. The summed E-state index contributed by atoms with van der Waals surface area (Å²) in [7, 11) is 0. The minimum absolute atomic E-state index is 0.0151. The molecule has 0 radical (unpaired) electrons. The summed E-state index contributed by atoms with van der Waals surface area (Å²) in [5.74, 6) is -2.61. The summed E-state index contributed by atoms with van der Waals surface area (Å²) in [5, 5.41) is 11.7. The lowest BCUT2D eigenvalue weighted by Gasteiger charge is -2.34. The van der Waals surface area contributed by atoms with E-state index in [4.69, 9.17) is 22.1 Å². The Hall–Kier alpha value is -5.20. The molecule has 10 nitrogen and oxygen atoms in total. The van der Waals surface area contributed by atoms with E-state index in [2.05, 4.69) is 16.8 Å². The molecule has 2 aliphatic heterocycles. The van der Waals surface area contributed by atoms with Crippen molar-refractivity contribution in [2.45, 2.75) is 18.8 Å². The summed E-state index contributed by atoms with van der Waals surface area (Å²) in [6, 6.07) is 10.4. The van der Waals surface area contributed by atoms with Gasteiger partial charge in [-0.15, -0.1) is 6.58 Å². The summed E-state index contributed by atoms with van der Waals surface area (Å²) in [6.45, 7) is 5.85. The van der Waals surface area contributed by atoms with E-state index in [1.165, 1.54) is 48.5 Å². The maximum absolute atomic E-state index is 13.7. The van der Waals surface area contributed by atoms with Crippen molar-refractivity contribution >= 4 is 63.8 Å². The van der Waals surface area contributed by atoms with Crippen molar-refractivity contribution in [1.29, 1.82) is 0 Å². The van der Waals surface area contributed by atoms with Gasteiger partial charge in [-0.2, -0.15) is 26.3 Å². The fourth-order valence-corrected chi connectivity index (χ4v) is 6.95. The van der Waals surface area contributed by atoms with Gasteiger partial charge in [-0.1, -0.05) is 36.1 Å². The highest BCUT2D eigenvalue weighted by atomic mass is 32.2. The van der Waals surface area contributed by atoms with Crippen molar-refractivity contribution in [3.63, 3.8) is 0 Å². The number of carboxylic acids is 1. The number of alkyl halides is 6. The number of ether oxygens (including phenoxy) is 1. The van der Waals surface area contributed by atoms with Gasteiger partial charge in [0, 0.05) is 56.9 Å². The van der Waals surface area contributed by atoms with Crippen LogP contribution in [0.3, 0.4) is 0 Å². The van der Waals surface area contributed by atoms with Gasteiger partial charge in [-0.25, -0.2) is 4.79 Å². The number of nitrogens with one attached hydrogen (secondary N) is 1. The van der Waals surface area contributed by atoms with Crippen LogP contribution in [0.5, 0.6) is 5.75 Å². The van der Waals surface area contributed by atoms with Crippen LogP contribution >= 0.6 is 24.0 Å². The Balaban J connectivity index is 1.40. The zero-order valence-corrected chi connectivity index (χ0v) is 30.3. The van der Waals surface area contributed by atoms with Gasteiger partial charge in [0.25, 0.3) is 11.8 Å². The molecule has 5 rings (SSSR count). The molecule has 2 saturated heterocycles. The molecular weight excluding hydrogens is 775 g/mol. The van der Waals surface area contributed by atoms with Crippen molar-refractivity contribution < 1.29 is 55.4 Å². The molecule has 0 aromatic heterocycles. The number of hydrogen-bond donors (Lipinski definition) is 2. The van der Waals surface area contributed by atoms with Crippen LogP contribution < -0.4 is 10.1 Å². The second-order valence-corrected chi connectivity index (χ2v) is 14.0. The quantitative estimate of drug-likeness (QED) is 0.0861. The maximum Gasteiger partial charge on any atom is 0.416 e. The van der Waals surface area contributed by atoms with Gasteiger partial charge >= 0.3 is 18.3 Å². The third-order valence-corrected chi connectivity index (χ3v) is 9.91. The number of nitrogens with zero attached hydrogens (tertiary/aromatic N) is 3. The van der Waals surface area contributed by atoms with Gasteiger partial charge in [-0.3, -0.25) is 24.2 Å². The SMILES string of the molecule is C=CCN1CCN(C(=O)COc2ccc(-c3cc(C(F)(F)F)cc(C(F)(F)F)c3)cc2C=C2SC(=S)N(CCC(=O)Nc3ccc(C(=O)O)cc3)C2=O)CC1. The fraction of sp³-hybridized carbons (Fsp3) is 0.270. The maximum atomic E-state index is 13.7. The number of anilines is 1. The minimum atomic E-state index is -5.09. The number of amides is 3. The number of carbonyl (C=O) groups is 4. The van der Waals surface area contributed by atoms with E-state index in [0.717, 1.165) is 16.7 Å². The van der Waals surface area contributed by atoms with E-state index in [1.54, 1.807) is 11.0 Å². The lowest BCUT2D eigenvalue weighted by atomic mass is 9.97. The topological polar surface area (TPSA) is 119 Å². The summed E-state index contributed by atoms with van der Waals surface area (Å²) >= 11 is 6.24. The summed E-state index contributed by atoms with van der Waals surface area (Å²) < 4.78 is 88.1. The second-order valence-electron chi connectivity index (χ2n) is 12.3. The molecule has 3 amide bonds. The normalized spacial score (nSPS) is 16.1. The minimum Gasteiger partial charge on any atom is -0.483 e. The number of benzene rings is 3. The van der Waals surface area contributed by atoms with Crippen molar-refractivity contribution in [2.24, 2.45) is 0 Å². The number of piperazine rings is 1. The molecule has 0 saturated carbocycles. The first-order valence-corrected chi connectivity index (χ1v) is 17.7. The standard InChI is InChI=1S/C37H32F6N4O6S2/c1-2-10-45-12-14-46(15-13-45)32(49)21-53-29-8-5-23(24-17-26(36(38,39)40)20-27(18-24)37(41,42)43)16-25(29)19-30-33(50)47(35(54)55-30)11-9-31(48)44-28-6-3-22(4-7-28)34(51)52/h2-8,16-20H,1,9-15,21H2,(H,44,48)(H,51,52). The monoisotopic (exact) mass is 806 g/mol. The number of halogens is 6. The predicted octanol–water partition coefficient (Wildman–Crippen LogP) is 7.03. The molecule has 0 spiro atoms. The fourth-order valence-electron chi connectivity index (χ4n) is 5.65. The van der Waals surface area contributed by atoms with Crippen LogP contribution in [0.15, 0.2) is 78.2 Å². The molecule has 18 heteroatoms. The molecule has 0 atom stereocenters. The van der Waals surface area contributed by atoms with Gasteiger partial charge in [0.05, 0.1) is 21.6 Å². The Bertz CT molecular complexity index is 2000. The van der Waals surface area contributed by atoms with Gasteiger partial charge in [0.15, 0.2) is 6.61 Å². The smallest absolute Gasteiger partial charge is 0.416 e. The first-order valence-electron chi connectivity index (χ1n) is 16.5. The zero-order chi connectivity index (χ0) is 40.1. The molecule has 55 heavy (non-hydrogen) atoms. The number of hydrogen-bond acceptors (Lipinski definition) is 8. The van der Waals surface area contributed by atoms with E-state index < -0.39 is 53.4 Å². The Morgan fingerprint density at radius 1 is 0.909 bits per heavy atom. The molecule has 2 heterocycles. The highest BCUT2D eigenvalue weighted by Crippen LogP contribution is 2.40. The third-order valence-electron chi connectivity index (χ3n) is 8.53. The van der Waals surface area contributed by atoms with Crippen LogP contribution in [0, 0.1) is 0 Å². The van der Waals surface area contributed by atoms with Crippen molar-refractivity contribution in [2.75, 3.05) is 51.2 Å². The van der Waals surface area contributed by atoms with Gasteiger partial charge in [-0.05, 0) is 71.8 Å². The molecule has 3 aromatic carbocycles. The van der Waals surface area contributed by atoms with Crippen molar-refractivity contribution in [1.82, 2.24) is 14.7 Å². The van der Waals surface area contributed by atoms with Gasteiger partial charge in [0.2, 0.25) is 5.91 Å². The van der Waals surface area contributed by atoms with E-state index in [1.807, 2.05) is 0 Å². The average molecular weight is 807 g/mol. The highest BCUT2D eigenvalue weighted by molar-refractivity contribution is 8.26. The Labute approximate surface area is 320 Å². The van der Waals surface area contributed by atoms with Crippen LogP contribution in [-0.4, -0.2) is 93.7 Å². The molecule has 2 N–H and O–H groups in total. The molecule has 2 fully saturated rings. The molecular formula is C37H32F6N4O6S2. The van der Waals surface area contributed by atoms with E-state index >= 15 is 0 Å². The summed E-state index contributed by atoms with van der Waals surface area (Å²) in [4.78, 5) is 55.2. The van der Waals surface area contributed by atoms with Crippen LogP contribution in [0.4, 0.5) is 32.0 Å². The van der Waals surface area contributed by atoms with E-state index in [9.17, 15) is 45.5 Å². The Kier molecular flexibility index (Phi) is 12.7. The Morgan fingerprint density at radius 2 is 1.55 bits per heavy atom. The molecule has 2 aliphatic rings. The second kappa shape index (κ2) is 17.1. The third kappa shape index (κ3) is 10.5. The lowest BCUT2D eigenvalue weighted by molar-refractivity contribution is -0.143. The first kappa shape index (κ1) is 41.0. The molecule has 290 valence electrons. The predicted molar refractivity (Wildman–Crippen MR) is 197 cm³/mol. The van der Waals surface area contributed by atoms with Crippen LogP contribution in [-0.2, 0) is 26.7 Å². The highest BCUT2D eigenvalue weighted by Gasteiger charge is 2.37. The van der Waals surface area contributed by atoms with Gasteiger partial charge < -0.3 is 20.1 Å². The zero-order valence-electron chi connectivity index (χ0n) is 28.7. The van der Waals surface area contributed by atoms with Crippen molar-refractivity contribution in [3.05, 3.63) is 100 Å². The number of rotatable bonds is 12. The summed E-state index contributed by atoms with van der Waals surface area (Å²) in [6.07, 6.45) is -7.32. The molecule has 0 bridgehead atoms. The molecule has 3 aromatic rings. The number of carboxylic acid groups (broad SMARTS) is 1. The number of carbonyl (C=O) groups excluding carboxylic acids is 3. The van der Waals surface area contributed by atoms with Crippen LogP contribution in [0.1, 0.15) is 33.5 Å². The van der Waals surface area contributed by atoms with E-state index in [-0.39, 0.29) is 56.6 Å².